The number of unbranched alkanes of at least 4 members (excludes halogenated alkanes) is 1. The molecule has 1 heterocycles. The Bertz CT molecular complexity index is 1030. The molecule has 0 saturated carbocycles. The zero-order chi connectivity index (χ0) is 22.4. The van der Waals surface area contributed by atoms with Gasteiger partial charge in [-0.05, 0) is 44.9 Å². The highest BCUT2D eigenvalue weighted by Gasteiger charge is 2.22. The number of halogens is 1. The molecule has 0 aliphatic carbocycles. The van der Waals surface area contributed by atoms with Crippen molar-refractivity contribution in [3.05, 3.63) is 71.4 Å². The fourth-order valence-electron chi connectivity index (χ4n) is 3.47. The number of benzene rings is 2. The van der Waals surface area contributed by atoms with E-state index in [0.717, 1.165) is 41.5 Å². The number of aryl methyl sites for hydroxylation is 1. The number of nitrogens with zero attached hydrogens (tertiary/aromatic N) is 2. The van der Waals surface area contributed by atoms with Gasteiger partial charge in [0.15, 0.2) is 6.20 Å². The Kier molecular flexibility index (Phi) is 7.39. The van der Waals surface area contributed by atoms with Gasteiger partial charge in [-0.3, -0.25) is 0 Å². The molecule has 1 aromatic heterocycles. The maximum atomic E-state index is 12.7. The maximum Gasteiger partial charge on any atom is 0.410 e. The predicted molar refractivity (Wildman–Crippen MR) is 126 cm³/mol. The third-order valence-corrected chi connectivity index (χ3v) is 5.19. The quantitative estimate of drug-likeness (QED) is 0.385. The summed E-state index contributed by atoms with van der Waals surface area (Å²) in [6.45, 7) is 7.63. The first-order valence-electron chi connectivity index (χ1n) is 10.6. The van der Waals surface area contributed by atoms with E-state index in [-0.39, 0.29) is 6.09 Å². The number of hydrogen-bond acceptors (Lipinski definition) is 3. The minimum Gasteiger partial charge on any atom is -0.444 e. The molecule has 2 N–H and O–H groups in total. The lowest BCUT2D eigenvalue weighted by molar-refractivity contribution is -0.671. The first-order valence-corrected chi connectivity index (χ1v) is 11.0. The largest absolute Gasteiger partial charge is 0.444 e. The number of fused-ring (bicyclic) bond motifs is 1. The number of rotatable bonds is 7. The van der Waals surface area contributed by atoms with Crippen molar-refractivity contribution in [2.24, 2.45) is 0 Å². The Morgan fingerprint density at radius 3 is 2.55 bits per heavy atom. The molecular formula is C25H31ClN3O2+. The highest BCUT2D eigenvalue weighted by atomic mass is 35.5. The number of carbonyl (C=O) groups excluding carboxylic acids is 1. The van der Waals surface area contributed by atoms with Gasteiger partial charge in [-0.2, -0.15) is 4.57 Å². The summed E-state index contributed by atoms with van der Waals surface area (Å²) in [6.07, 6.45) is 3.47. The molecule has 3 rings (SSSR count). The van der Waals surface area contributed by atoms with Crippen molar-refractivity contribution < 1.29 is 14.1 Å². The first kappa shape index (κ1) is 22.9. The number of anilines is 1. The van der Waals surface area contributed by atoms with Gasteiger partial charge >= 0.3 is 6.09 Å². The minimum atomic E-state index is -0.524. The van der Waals surface area contributed by atoms with E-state index in [0.29, 0.717) is 18.1 Å². The van der Waals surface area contributed by atoms with Crippen molar-refractivity contribution in [1.29, 1.82) is 0 Å². The standard InChI is InChI=1S/C25H30ClN3O2/c1-25(2,3)31-24(30)29(18-19-9-5-4-6-10-19)15-8-7-14-28-16-13-22(27)21-12-11-20(26)17-23(21)28/h4-6,9-13,16-17,27H,7-8,14-15,18H2,1-3H3/p+1. The second-order valence-corrected chi connectivity index (χ2v) is 9.16. The highest BCUT2D eigenvalue weighted by Crippen LogP contribution is 2.21. The van der Waals surface area contributed by atoms with Crippen LogP contribution in [0.15, 0.2) is 60.8 Å². The fourth-order valence-corrected chi connectivity index (χ4v) is 3.64. The second kappa shape index (κ2) is 10.0. The van der Waals surface area contributed by atoms with Gasteiger partial charge < -0.3 is 15.4 Å². The average molecular weight is 441 g/mol. The van der Waals surface area contributed by atoms with Crippen LogP contribution >= 0.6 is 11.6 Å². The van der Waals surface area contributed by atoms with E-state index < -0.39 is 5.60 Å². The van der Waals surface area contributed by atoms with Crippen molar-refractivity contribution in [2.45, 2.75) is 52.3 Å². The molecule has 5 nitrogen and oxygen atoms in total. The van der Waals surface area contributed by atoms with Crippen molar-refractivity contribution in [1.82, 2.24) is 4.90 Å². The third kappa shape index (κ3) is 6.59. The van der Waals surface area contributed by atoms with Crippen molar-refractivity contribution in [3.8, 4) is 0 Å². The number of pyridine rings is 1. The van der Waals surface area contributed by atoms with E-state index in [1.165, 1.54) is 0 Å². The van der Waals surface area contributed by atoms with Gasteiger partial charge in [-0.15, -0.1) is 0 Å². The molecule has 0 fully saturated rings. The summed E-state index contributed by atoms with van der Waals surface area (Å²) < 4.78 is 7.78. The van der Waals surface area contributed by atoms with Gasteiger partial charge in [0.2, 0.25) is 5.52 Å². The lowest BCUT2D eigenvalue weighted by Crippen LogP contribution is -2.38. The number of nitrogen functional groups attached to an aromatic ring is 1. The number of aromatic nitrogens is 1. The van der Waals surface area contributed by atoms with Gasteiger partial charge in [0, 0.05) is 36.7 Å². The van der Waals surface area contributed by atoms with E-state index in [4.69, 9.17) is 22.1 Å². The molecule has 6 heteroatoms. The molecule has 0 atom stereocenters. The number of amides is 1. The van der Waals surface area contributed by atoms with Crippen LogP contribution in [0.3, 0.4) is 0 Å². The number of hydrogen-bond donors (Lipinski definition) is 1. The van der Waals surface area contributed by atoms with Crippen LogP contribution in [0.2, 0.25) is 5.02 Å². The Morgan fingerprint density at radius 1 is 1.10 bits per heavy atom. The van der Waals surface area contributed by atoms with Crippen molar-refractivity contribution >= 4 is 34.3 Å². The van der Waals surface area contributed by atoms with E-state index >= 15 is 0 Å². The number of carbonyl (C=O) groups is 1. The van der Waals surface area contributed by atoms with Gasteiger partial charge in [0.25, 0.3) is 0 Å². The van der Waals surface area contributed by atoms with Crippen LogP contribution in [0.4, 0.5) is 10.5 Å². The summed E-state index contributed by atoms with van der Waals surface area (Å²) >= 11 is 6.20. The number of nitrogens with two attached hydrogens (primary N) is 1. The molecule has 0 unspecified atom stereocenters. The predicted octanol–water partition coefficient (Wildman–Crippen LogP) is 5.58. The molecule has 0 aliphatic rings. The fraction of sp³-hybridized carbons (Fsp3) is 0.360. The summed E-state index contributed by atoms with van der Waals surface area (Å²) in [5.74, 6) is 0. The molecule has 164 valence electrons. The molecule has 0 aliphatic heterocycles. The van der Waals surface area contributed by atoms with Crippen LogP contribution in [0.1, 0.15) is 39.2 Å². The molecule has 0 spiro atoms. The van der Waals surface area contributed by atoms with Crippen LogP contribution < -0.4 is 10.3 Å². The zero-order valence-electron chi connectivity index (χ0n) is 18.5. The van der Waals surface area contributed by atoms with E-state index in [2.05, 4.69) is 4.57 Å². The van der Waals surface area contributed by atoms with Gasteiger partial charge in [0.1, 0.15) is 12.1 Å². The maximum absolute atomic E-state index is 12.7. The first-order chi connectivity index (χ1) is 14.7. The summed E-state index contributed by atoms with van der Waals surface area (Å²) in [5, 5.41) is 1.68. The molecular weight excluding hydrogens is 410 g/mol. The van der Waals surface area contributed by atoms with Crippen LogP contribution in [0.5, 0.6) is 0 Å². The van der Waals surface area contributed by atoms with Crippen LogP contribution in [0, 0.1) is 0 Å². The summed E-state index contributed by atoms with van der Waals surface area (Å²) in [6, 6.07) is 17.7. The Labute approximate surface area is 189 Å². The highest BCUT2D eigenvalue weighted by molar-refractivity contribution is 6.31. The Morgan fingerprint density at radius 2 is 1.84 bits per heavy atom. The molecule has 3 aromatic rings. The molecule has 0 radical (unpaired) electrons. The molecule has 1 amide bonds. The van der Waals surface area contributed by atoms with E-state index in [1.54, 1.807) is 4.90 Å². The van der Waals surface area contributed by atoms with E-state index in [1.807, 2.05) is 81.6 Å². The zero-order valence-corrected chi connectivity index (χ0v) is 19.2. The lowest BCUT2D eigenvalue weighted by atomic mass is 10.1. The second-order valence-electron chi connectivity index (χ2n) is 8.72. The molecule has 0 bridgehead atoms. The SMILES string of the molecule is CC(C)(C)OC(=O)N(CCCC[n+]1ccc(N)c2ccc(Cl)cc21)Cc1ccccc1. The molecule has 0 saturated heterocycles. The van der Waals surface area contributed by atoms with Crippen LogP contribution in [0.25, 0.3) is 10.9 Å². The van der Waals surface area contributed by atoms with Gasteiger partial charge in [-0.25, -0.2) is 4.79 Å². The molecule has 2 aromatic carbocycles. The van der Waals surface area contributed by atoms with Crippen molar-refractivity contribution in [2.75, 3.05) is 12.3 Å². The van der Waals surface area contributed by atoms with Crippen LogP contribution in [-0.4, -0.2) is 23.1 Å². The van der Waals surface area contributed by atoms with Gasteiger partial charge in [0.05, 0.1) is 11.1 Å². The van der Waals surface area contributed by atoms with Crippen LogP contribution in [-0.2, 0) is 17.8 Å². The number of ether oxygens (including phenoxy) is 1. The summed E-state index contributed by atoms with van der Waals surface area (Å²) in [7, 11) is 0. The third-order valence-electron chi connectivity index (χ3n) is 4.96. The topological polar surface area (TPSA) is 59.4 Å². The van der Waals surface area contributed by atoms with Crippen molar-refractivity contribution in [3.63, 3.8) is 0 Å². The Balaban J connectivity index is 1.65. The van der Waals surface area contributed by atoms with E-state index in [9.17, 15) is 4.79 Å². The Hall–Kier alpha value is -2.79. The smallest absolute Gasteiger partial charge is 0.410 e. The molecule has 31 heavy (non-hydrogen) atoms. The minimum absolute atomic E-state index is 0.284. The van der Waals surface area contributed by atoms with Gasteiger partial charge in [-0.1, -0.05) is 41.9 Å². The lowest BCUT2D eigenvalue weighted by Gasteiger charge is -2.27. The monoisotopic (exact) mass is 440 g/mol. The average Bonchev–Trinajstić information content (AvgIpc) is 2.71. The normalized spacial score (nSPS) is 11.5. The summed E-state index contributed by atoms with van der Waals surface area (Å²) in [4.78, 5) is 14.5. The summed E-state index contributed by atoms with van der Waals surface area (Å²) in [5.41, 5.74) is 8.43.